The molecule has 0 atom stereocenters. The number of halogens is 1. The average molecular weight is 328 g/mol. The first kappa shape index (κ1) is 15.9. The van der Waals surface area contributed by atoms with Crippen LogP contribution in [0.25, 0.3) is 0 Å². The van der Waals surface area contributed by atoms with Crippen LogP contribution in [-0.4, -0.2) is 8.42 Å². The Kier molecular flexibility index (Phi) is 4.36. The summed E-state index contributed by atoms with van der Waals surface area (Å²) in [6, 6.07) is 4.46. The number of rotatable bonds is 4. The van der Waals surface area contributed by atoms with Crippen molar-refractivity contribution >= 4 is 27.0 Å². The van der Waals surface area contributed by atoms with Gasteiger partial charge in [0.05, 0.1) is 0 Å². The summed E-state index contributed by atoms with van der Waals surface area (Å²) in [4.78, 5) is 1.61. The molecule has 3 N–H and O–H groups in total. The zero-order valence-corrected chi connectivity index (χ0v) is 13.7. The number of benzene rings is 1. The van der Waals surface area contributed by atoms with Crippen molar-refractivity contribution in [3.63, 3.8) is 0 Å². The summed E-state index contributed by atoms with van der Waals surface area (Å²) in [5, 5.41) is 0. The van der Waals surface area contributed by atoms with Crippen molar-refractivity contribution in [3.8, 4) is 0 Å². The van der Waals surface area contributed by atoms with Crippen molar-refractivity contribution in [2.75, 3.05) is 5.73 Å². The van der Waals surface area contributed by atoms with Crippen molar-refractivity contribution < 1.29 is 12.8 Å². The highest BCUT2D eigenvalue weighted by molar-refractivity contribution is 7.89. The lowest BCUT2D eigenvalue weighted by molar-refractivity contribution is 0.553. The van der Waals surface area contributed by atoms with Crippen LogP contribution in [0.5, 0.6) is 0 Å². The summed E-state index contributed by atoms with van der Waals surface area (Å²) in [6.07, 6.45) is 0. The molecule has 114 valence electrons. The topological polar surface area (TPSA) is 72.2 Å². The highest BCUT2D eigenvalue weighted by Gasteiger charge is 2.21. The van der Waals surface area contributed by atoms with Crippen LogP contribution < -0.4 is 10.5 Å². The van der Waals surface area contributed by atoms with E-state index < -0.39 is 20.7 Å². The van der Waals surface area contributed by atoms with Gasteiger partial charge >= 0.3 is 0 Å². The van der Waals surface area contributed by atoms with E-state index >= 15 is 0 Å². The van der Waals surface area contributed by atoms with Gasteiger partial charge in [-0.25, -0.2) is 17.5 Å². The van der Waals surface area contributed by atoms with Crippen LogP contribution >= 0.6 is 11.3 Å². The van der Waals surface area contributed by atoms with Crippen molar-refractivity contribution in [2.45, 2.75) is 32.2 Å². The second kappa shape index (κ2) is 5.75. The van der Waals surface area contributed by atoms with E-state index in [0.29, 0.717) is 0 Å². The van der Waals surface area contributed by atoms with E-state index in [9.17, 15) is 12.8 Å². The summed E-state index contributed by atoms with van der Waals surface area (Å²) < 4.78 is 40.9. The molecule has 0 spiro atoms. The summed E-state index contributed by atoms with van der Waals surface area (Å²) >= 11 is 1.52. The Bertz CT molecular complexity index is 763. The smallest absolute Gasteiger partial charge is 0.243 e. The molecule has 21 heavy (non-hydrogen) atoms. The standard InChI is InChI=1S/C14H17FN2O2S2/c1-8-5-12(20-10(8)3)7-17-21(18,19)13-6-11(16)4-9(2)14(13)15/h4-6,17H,7,16H2,1-3H3. The first-order valence-electron chi connectivity index (χ1n) is 6.32. The number of aryl methyl sites for hydroxylation is 3. The van der Waals surface area contributed by atoms with Gasteiger partial charge in [-0.05, 0) is 50.1 Å². The van der Waals surface area contributed by atoms with Crippen molar-refractivity contribution in [1.29, 1.82) is 0 Å². The lowest BCUT2D eigenvalue weighted by Crippen LogP contribution is -2.24. The predicted molar refractivity (Wildman–Crippen MR) is 83.4 cm³/mol. The second-order valence-corrected chi connectivity index (χ2v) is 8.00. The lowest BCUT2D eigenvalue weighted by Gasteiger charge is -2.09. The number of hydrogen-bond acceptors (Lipinski definition) is 4. The number of nitrogen functional groups attached to an aromatic ring is 1. The quantitative estimate of drug-likeness (QED) is 0.848. The number of sulfonamides is 1. The summed E-state index contributed by atoms with van der Waals surface area (Å²) in [5.74, 6) is -0.768. The monoisotopic (exact) mass is 328 g/mol. The Balaban J connectivity index is 2.27. The van der Waals surface area contributed by atoms with Gasteiger partial charge < -0.3 is 5.73 Å². The molecule has 0 saturated carbocycles. The fourth-order valence-corrected chi connectivity index (χ4v) is 4.21. The highest BCUT2D eigenvalue weighted by Crippen LogP contribution is 2.23. The van der Waals surface area contributed by atoms with Gasteiger partial charge in [0, 0.05) is 22.0 Å². The molecule has 0 radical (unpaired) electrons. The van der Waals surface area contributed by atoms with Gasteiger partial charge in [-0.1, -0.05) is 0 Å². The molecule has 1 aromatic heterocycles. The number of nitrogens with one attached hydrogen (secondary N) is 1. The minimum atomic E-state index is -3.94. The Labute approximate surface area is 127 Å². The van der Waals surface area contributed by atoms with E-state index in [-0.39, 0.29) is 17.8 Å². The molecule has 7 heteroatoms. The van der Waals surface area contributed by atoms with Crippen LogP contribution in [0.4, 0.5) is 10.1 Å². The predicted octanol–water partition coefficient (Wildman–Crippen LogP) is 2.87. The molecule has 0 bridgehead atoms. The second-order valence-electron chi connectivity index (χ2n) is 4.93. The Morgan fingerprint density at radius 1 is 1.19 bits per heavy atom. The van der Waals surface area contributed by atoms with Gasteiger partial charge in [-0.3, -0.25) is 0 Å². The van der Waals surface area contributed by atoms with Crippen LogP contribution in [0.15, 0.2) is 23.1 Å². The number of nitrogens with two attached hydrogens (primary N) is 1. The van der Waals surface area contributed by atoms with Gasteiger partial charge in [-0.15, -0.1) is 11.3 Å². The van der Waals surface area contributed by atoms with E-state index in [1.165, 1.54) is 24.3 Å². The molecule has 2 rings (SSSR count). The summed E-state index contributed by atoms with van der Waals surface area (Å²) in [7, 11) is -3.94. The van der Waals surface area contributed by atoms with Crippen molar-refractivity contribution in [2.24, 2.45) is 0 Å². The zero-order chi connectivity index (χ0) is 15.8. The van der Waals surface area contributed by atoms with Crippen LogP contribution in [0.1, 0.15) is 20.9 Å². The highest BCUT2D eigenvalue weighted by atomic mass is 32.2. The molecule has 4 nitrogen and oxygen atoms in total. The summed E-state index contributed by atoms with van der Waals surface area (Å²) in [5.41, 5.74) is 7.14. The van der Waals surface area contributed by atoms with E-state index in [4.69, 9.17) is 5.73 Å². The normalized spacial score (nSPS) is 11.8. The van der Waals surface area contributed by atoms with E-state index in [1.54, 1.807) is 0 Å². The number of hydrogen-bond donors (Lipinski definition) is 2. The Hall–Kier alpha value is -1.44. The molecule has 0 fully saturated rings. The molecule has 0 saturated heterocycles. The number of thiophene rings is 1. The maximum absolute atomic E-state index is 14.0. The van der Waals surface area contributed by atoms with E-state index in [1.807, 2.05) is 19.9 Å². The molecule has 0 amide bonds. The molecule has 0 unspecified atom stereocenters. The van der Waals surface area contributed by atoms with Gasteiger partial charge in [0.1, 0.15) is 10.7 Å². The van der Waals surface area contributed by atoms with Gasteiger partial charge in [-0.2, -0.15) is 0 Å². The third-order valence-electron chi connectivity index (χ3n) is 3.19. The SMILES string of the molecule is Cc1cc(CNS(=O)(=O)c2cc(N)cc(C)c2F)sc1C. The van der Waals surface area contributed by atoms with Gasteiger partial charge in [0.15, 0.2) is 0 Å². The molecular formula is C14H17FN2O2S2. The van der Waals surface area contributed by atoms with Crippen LogP contribution in [0.3, 0.4) is 0 Å². The van der Waals surface area contributed by atoms with Crippen LogP contribution in [0, 0.1) is 26.6 Å². The Morgan fingerprint density at radius 3 is 2.43 bits per heavy atom. The van der Waals surface area contributed by atoms with Gasteiger partial charge in [0.25, 0.3) is 0 Å². The van der Waals surface area contributed by atoms with E-state index in [2.05, 4.69) is 4.72 Å². The maximum atomic E-state index is 14.0. The lowest BCUT2D eigenvalue weighted by atomic mass is 10.2. The van der Waals surface area contributed by atoms with Gasteiger partial charge in [0.2, 0.25) is 10.0 Å². The molecule has 0 aliphatic rings. The molecule has 0 aliphatic heterocycles. The van der Waals surface area contributed by atoms with Crippen LogP contribution in [0.2, 0.25) is 0 Å². The fraction of sp³-hybridized carbons (Fsp3) is 0.286. The molecule has 0 aliphatic carbocycles. The summed E-state index contributed by atoms with van der Waals surface area (Å²) in [6.45, 7) is 5.55. The average Bonchev–Trinajstić information content (AvgIpc) is 2.71. The zero-order valence-electron chi connectivity index (χ0n) is 12.0. The largest absolute Gasteiger partial charge is 0.399 e. The first-order chi connectivity index (χ1) is 9.70. The molecule has 2 aromatic rings. The Morgan fingerprint density at radius 2 is 1.86 bits per heavy atom. The number of anilines is 1. The minimum Gasteiger partial charge on any atom is -0.399 e. The third kappa shape index (κ3) is 3.42. The van der Waals surface area contributed by atoms with Crippen molar-refractivity contribution in [3.05, 3.63) is 44.9 Å². The minimum absolute atomic E-state index is 0.134. The van der Waals surface area contributed by atoms with Crippen LogP contribution in [-0.2, 0) is 16.6 Å². The third-order valence-corrected chi connectivity index (χ3v) is 5.74. The fourth-order valence-electron chi connectivity index (χ4n) is 1.94. The van der Waals surface area contributed by atoms with Crippen molar-refractivity contribution in [1.82, 2.24) is 4.72 Å². The van der Waals surface area contributed by atoms with E-state index in [0.717, 1.165) is 21.4 Å². The first-order valence-corrected chi connectivity index (χ1v) is 8.62. The molecule has 1 heterocycles. The molecule has 1 aromatic carbocycles. The maximum Gasteiger partial charge on any atom is 0.243 e. The molecular weight excluding hydrogens is 311 g/mol.